The number of aliphatic hydroxyl groups excluding tert-OH is 1. The van der Waals surface area contributed by atoms with Crippen LogP contribution in [0.1, 0.15) is 34.3 Å². The number of aromatic carboxylic acids is 1. The van der Waals surface area contributed by atoms with E-state index in [9.17, 15) is 18.0 Å². The lowest BCUT2D eigenvalue weighted by Crippen LogP contribution is -2.10. The Morgan fingerprint density at radius 2 is 1.94 bits per heavy atom. The Labute approximate surface area is 95.5 Å². The Bertz CT molecular complexity index is 426. The van der Waals surface area contributed by atoms with Crippen molar-refractivity contribution in [3.8, 4) is 0 Å². The molecule has 2 N–H and O–H groups in total. The van der Waals surface area contributed by atoms with Crippen molar-refractivity contribution in [1.29, 1.82) is 0 Å². The summed E-state index contributed by atoms with van der Waals surface area (Å²) < 4.78 is 37.6. The van der Waals surface area contributed by atoms with E-state index in [0.29, 0.717) is 6.07 Å². The first-order valence-corrected chi connectivity index (χ1v) is 4.82. The number of hydrogen-bond acceptors (Lipinski definition) is 2. The Hall–Kier alpha value is -1.56. The Morgan fingerprint density at radius 1 is 1.35 bits per heavy atom. The average molecular weight is 248 g/mol. The molecule has 0 aliphatic carbocycles. The Kier molecular flexibility index (Phi) is 3.77. The van der Waals surface area contributed by atoms with Crippen molar-refractivity contribution in [3.05, 3.63) is 34.9 Å². The van der Waals surface area contributed by atoms with Gasteiger partial charge in [-0.05, 0) is 23.8 Å². The lowest BCUT2D eigenvalue weighted by Gasteiger charge is -2.13. The van der Waals surface area contributed by atoms with E-state index in [1.54, 1.807) is 0 Å². The number of rotatable bonds is 3. The van der Waals surface area contributed by atoms with E-state index in [-0.39, 0.29) is 12.2 Å². The predicted octanol–water partition coefficient (Wildman–Crippen LogP) is 2.50. The molecule has 17 heavy (non-hydrogen) atoms. The number of carbonyl (C=O) groups is 1. The minimum atomic E-state index is -4.60. The molecule has 0 radical (unpaired) electrons. The topological polar surface area (TPSA) is 57.5 Å². The monoisotopic (exact) mass is 248 g/mol. The molecule has 0 aliphatic heterocycles. The SMILES string of the molecule is C[C@H](CO)c1cc(C(=O)O)cc(C(F)(F)F)c1. The smallest absolute Gasteiger partial charge is 0.416 e. The highest BCUT2D eigenvalue weighted by molar-refractivity contribution is 5.88. The van der Waals surface area contributed by atoms with Gasteiger partial charge in [-0.3, -0.25) is 0 Å². The van der Waals surface area contributed by atoms with Crippen LogP contribution in [0.4, 0.5) is 13.2 Å². The highest BCUT2D eigenvalue weighted by atomic mass is 19.4. The van der Waals surface area contributed by atoms with Gasteiger partial charge in [0.05, 0.1) is 11.1 Å². The molecule has 1 atom stereocenters. The number of alkyl halides is 3. The van der Waals surface area contributed by atoms with Gasteiger partial charge in [-0.1, -0.05) is 6.92 Å². The summed E-state index contributed by atoms with van der Waals surface area (Å²) in [4.78, 5) is 10.7. The quantitative estimate of drug-likeness (QED) is 0.864. The molecule has 0 saturated heterocycles. The zero-order valence-corrected chi connectivity index (χ0v) is 8.95. The lowest BCUT2D eigenvalue weighted by molar-refractivity contribution is -0.137. The van der Waals surface area contributed by atoms with E-state index in [4.69, 9.17) is 10.2 Å². The molecule has 0 saturated carbocycles. The van der Waals surface area contributed by atoms with Gasteiger partial charge in [0.25, 0.3) is 0 Å². The van der Waals surface area contributed by atoms with Gasteiger partial charge >= 0.3 is 12.1 Å². The third-order valence-electron chi connectivity index (χ3n) is 2.37. The molecule has 1 rings (SSSR count). The molecule has 1 aromatic rings. The van der Waals surface area contributed by atoms with E-state index in [2.05, 4.69) is 0 Å². The molecule has 94 valence electrons. The van der Waals surface area contributed by atoms with E-state index in [1.165, 1.54) is 6.92 Å². The summed E-state index contributed by atoms with van der Waals surface area (Å²) in [6, 6.07) is 2.57. The van der Waals surface area contributed by atoms with Crippen LogP contribution >= 0.6 is 0 Å². The van der Waals surface area contributed by atoms with Gasteiger partial charge in [-0.2, -0.15) is 13.2 Å². The summed E-state index contributed by atoms with van der Waals surface area (Å²) in [6.07, 6.45) is -4.60. The summed E-state index contributed by atoms with van der Waals surface area (Å²) in [5, 5.41) is 17.6. The Morgan fingerprint density at radius 3 is 2.35 bits per heavy atom. The van der Waals surface area contributed by atoms with Crippen molar-refractivity contribution in [1.82, 2.24) is 0 Å². The highest BCUT2D eigenvalue weighted by Gasteiger charge is 2.32. The van der Waals surface area contributed by atoms with Crippen molar-refractivity contribution in [2.24, 2.45) is 0 Å². The van der Waals surface area contributed by atoms with Gasteiger partial charge in [-0.25, -0.2) is 4.79 Å². The molecule has 0 aliphatic rings. The van der Waals surface area contributed by atoms with Crippen LogP contribution in [0.5, 0.6) is 0 Å². The van der Waals surface area contributed by atoms with Crippen LogP contribution in [0.3, 0.4) is 0 Å². The number of carboxylic acid groups (broad SMARTS) is 1. The number of benzene rings is 1. The van der Waals surface area contributed by atoms with Crippen LogP contribution in [0.2, 0.25) is 0 Å². The summed E-state index contributed by atoms with van der Waals surface area (Å²) in [6.45, 7) is 1.17. The Balaban J connectivity index is 3.34. The standard InChI is InChI=1S/C11H11F3O3/c1-6(5-15)7-2-8(10(16)17)4-9(3-7)11(12,13)14/h2-4,6,15H,5H2,1H3,(H,16,17)/t6-/m1/s1. The zero-order chi connectivity index (χ0) is 13.2. The largest absolute Gasteiger partial charge is 0.478 e. The molecule has 1 aromatic carbocycles. The number of halogens is 3. The minimum Gasteiger partial charge on any atom is -0.478 e. The number of hydrogen-bond donors (Lipinski definition) is 2. The molecule has 6 heteroatoms. The second-order valence-electron chi connectivity index (χ2n) is 3.73. The van der Waals surface area contributed by atoms with Crippen molar-refractivity contribution in [2.45, 2.75) is 19.0 Å². The molecule has 0 amide bonds. The van der Waals surface area contributed by atoms with Gasteiger partial charge in [0.15, 0.2) is 0 Å². The fraction of sp³-hybridized carbons (Fsp3) is 0.364. The van der Waals surface area contributed by atoms with Crippen LogP contribution in [-0.4, -0.2) is 22.8 Å². The van der Waals surface area contributed by atoms with Gasteiger partial charge < -0.3 is 10.2 Å². The van der Waals surface area contributed by atoms with Crippen molar-refractivity contribution in [2.75, 3.05) is 6.61 Å². The minimum absolute atomic E-state index is 0.153. The molecular weight excluding hydrogens is 237 g/mol. The van der Waals surface area contributed by atoms with E-state index >= 15 is 0 Å². The van der Waals surface area contributed by atoms with E-state index < -0.39 is 29.2 Å². The first kappa shape index (κ1) is 13.5. The maximum absolute atomic E-state index is 12.5. The first-order valence-electron chi connectivity index (χ1n) is 4.82. The fourth-order valence-corrected chi connectivity index (χ4v) is 1.33. The summed E-state index contributed by atoms with van der Waals surface area (Å²) in [7, 11) is 0. The lowest BCUT2D eigenvalue weighted by atomic mass is 9.96. The van der Waals surface area contributed by atoms with Crippen LogP contribution in [0, 0.1) is 0 Å². The third-order valence-corrected chi connectivity index (χ3v) is 2.37. The van der Waals surface area contributed by atoms with Crippen molar-refractivity contribution >= 4 is 5.97 Å². The summed E-state index contributed by atoms with van der Waals surface area (Å²) in [5.41, 5.74) is -1.30. The van der Waals surface area contributed by atoms with E-state index in [1.807, 2.05) is 0 Å². The van der Waals surface area contributed by atoms with Crippen molar-refractivity contribution in [3.63, 3.8) is 0 Å². The van der Waals surface area contributed by atoms with Crippen LogP contribution in [0.15, 0.2) is 18.2 Å². The second-order valence-corrected chi connectivity index (χ2v) is 3.73. The van der Waals surface area contributed by atoms with Gasteiger partial charge in [0.1, 0.15) is 0 Å². The van der Waals surface area contributed by atoms with Crippen molar-refractivity contribution < 1.29 is 28.2 Å². The zero-order valence-electron chi connectivity index (χ0n) is 8.95. The molecule has 0 fully saturated rings. The fourth-order valence-electron chi connectivity index (χ4n) is 1.33. The predicted molar refractivity (Wildman–Crippen MR) is 53.9 cm³/mol. The second kappa shape index (κ2) is 4.75. The molecule has 0 spiro atoms. The molecule has 3 nitrogen and oxygen atoms in total. The maximum atomic E-state index is 12.5. The first-order chi connectivity index (χ1) is 7.75. The van der Waals surface area contributed by atoms with Gasteiger partial charge in [0.2, 0.25) is 0 Å². The molecule has 0 heterocycles. The average Bonchev–Trinajstić information content (AvgIpc) is 2.26. The maximum Gasteiger partial charge on any atom is 0.416 e. The molecule has 0 aromatic heterocycles. The molecule has 0 bridgehead atoms. The van der Waals surface area contributed by atoms with Crippen LogP contribution in [-0.2, 0) is 6.18 Å². The summed E-state index contributed by atoms with van der Waals surface area (Å²) in [5.74, 6) is -1.97. The third kappa shape index (κ3) is 3.20. The number of aliphatic hydroxyl groups is 1. The molecular formula is C11H11F3O3. The normalized spacial score (nSPS) is 13.5. The van der Waals surface area contributed by atoms with E-state index in [0.717, 1.165) is 12.1 Å². The van der Waals surface area contributed by atoms with Gasteiger partial charge in [0, 0.05) is 12.5 Å². The van der Waals surface area contributed by atoms with Gasteiger partial charge in [-0.15, -0.1) is 0 Å². The molecule has 0 unspecified atom stereocenters. The van der Waals surface area contributed by atoms with Crippen LogP contribution < -0.4 is 0 Å². The highest BCUT2D eigenvalue weighted by Crippen LogP contribution is 2.32. The summed E-state index contributed by atoms with van der Waals surface area (Å²) >= 11 is 0. The van der Waals surface area contributed by atoms with Crippen LogP contribution in [0.25, 0.3) is 0 Å². The number of carboxylic acids is 1.